The summed E-state index contributed by atoms with van der Waals surface area (Å²) in [6.07, 6.45) is 2.17. The predicted octanol–water partition coefficient (Wildman–Crippen LogP) is 1.71. The average molecular weight is 288 g/mol. The maximum absolute atomic E-state index is 11.0. The summed E-state index contributed by atoms with van der Waals surface area (Å²) in [5.74, 6) is -0.908. The van der Waals surface area contributed by atoms with Crippen LogP contribution >= 0.6 is 15.9 Å². The number of aromatic nitrogens is 1. The van der Waals surface area contributed by atoms with Gasteiger partial charge < -0.3 is 14.6 Å². The van der Waals surface area contributed by atoms with Crippen LogP contribution in [0.4, 0.5) is 0 Å². The monoisotopic (exact) mass is 287 g/mol. The molecule has 0 radical (unpaired) electrons. The Balaban J connectivity index is 2.21. The number of carbonyl (C=O) groups is 1. The lowest BCUT2D eigenvalue weighted by atomic mass is 10.2. The lowest BCUT2D eigenvalue weighted by molar-refractivity contribution is 0.0685. The summed E-state index contributed by atoms with van der Waals surface area (Å²) in [5, 5.41) is 8.99. The Labute approximate surface area is 101 Å². The summed E-state index contributed by atoms with van der Waals surface area (Å²) < 4.78 is 11.2. The Hall–Kier alpha value is -1.14. The minimum Gasteiger partial charge on any atom is -0.477 e. The summed E-state index contributed by atoms with van der Waals surface area (Å²) >= 11 is 3.17. The largest absolute Gasteiger partial charge is 0.477 e. The van der Waals surface area contributed by atoms with Crippen LogP contribution in [0.5, 0.6) is 5.88 Å². The highest BCUT2D eigenvalue weighted by Gasteiger charge is 2.21. The lowest BCUT2D eigenvalue weighted by Gasteiger charge is -2.12. The summed E-state index contributed by atoms with van der Waals surface area (Å²) in [6, 6.07) is 1.47. The quantitative estimate of drug-likeness (QED) is 0.917. The van der Waals surface area contributed by atoms with Crippen LogP contribution < -0.4 is 4.74 Å². The number of rotatable bonds is 3. The van der Waals surface area contributed by atoms with Gasteiger partial charge in [-0.3, -0.25) is 0 Å². The highest BCUT2D eigenvalue weighted by atomic mass is 79.9. The van der Waals surface area contributed by atoms with Crippen LogP contribution in [0.15, 0.2) is 16.7 Å². The van der Waals surface area contributed by atoms with Crippen molar-refractivity contribution in [1.29, 1.82) is 0 Å². The number of hydrogen-bond donors (Lipinski definition) is 1. The van der Waals surface area contributed by atoms with Gasteiger partial charge in [-0.2, -0.15) is 0 Å². The van der Waals surface area contributed by atoms with Gasteiger partial charge in [-0.15, -0.1) is 0 Å². The molecule has 1 fully saturated rings. The normalized spacial score (nSPS) is 19.7. The fourth-order valence-electron chi connectivity index (χ4n) is 1.44. The lowest BCUT2D eigenvalue weighted by Crippen LogP contribution is -2.18. The number of carboxylic acid groups (broad SMARTS) is 1. The standard InChI is InChI=1S/C10H10BrNO4/c11-6-3-8(10(13)14)9(12-4-6)16-7-1-2-15-5-7/h3-4,7H,1-2,5H2,(H,13,14). The SMILES string of the molecule is O=C(O)c1cc(Br)cnc1OC1CCOC1. The van der Waals surface area contributed by atoms with Crippen LogP contribution in [0.1, 0.15) is 16.8 Å². The molecule has 5 nitrogen and oxygen atoms in total. The van der Waals surface area contributed by atoms with E-state index in [0.717, 1.165) is 6.42 Å². The average Bonchev–Trinajstić information content (AvgIpc) is 2.73. The molecule has 1 saturated heterocycles. The van der Waals surface area contributed by atoms with Crippen molar-refractivity contribution in [3.8, 4) is 5.88 Å². The minimum absolute atomic E-state index is 0.0567. The van der Waals surface area contributed by atoms with Crippen molar-refractivity contribution in [2.45, 2.75) is 12.5 Å². The minimum atomic E-state index is -1.05. The second-order valence-corrected chi connectivity index (χ2v) is 4.33. The van der Waals surface area contributed by atoms with Gasteiger partial charge in [-0.05, 0) is 22.0 Å². The van der Waals surface area contributed by atoms with Crippen molar-refractivity contribution in [3.05, 3.63) is 22.3 Å². The molecule has 86 valence electrons. The Bertz CT molecular complexity index is 404. The van der Waals surface area contributed by atoms with Gasteiger partial charge in [0.2, 0.25) is 5.88 Å². The zero-order valence-electron chi connectivity index (χ0n) is 8.35. The first-order valence-corrected chi connectivity index (χ1v) is 5.59. The van der Waals surface area contributed by atoms with E-state index in [0.29, 0.717) is 17.7 Å². The van der Waals surface area contributed by atoms with E-state index in [1.54, 1.807) is 0 Å². The first-order valence-electron chi connectivity index (χ1n) is 4.80. The van der Waals surface area contributed by atoms with Crippen LogP contribution in [0.25, 0.3) is 0 Å². The highest BCUT2D eigenvalue weighted by molar-refractivity contribution is 9.10. The van der Waals surface area contributed by atoms with Gasteiger partial charge in [-0.25, -0.2) is 9.78 Å². The first-order chi connectivity index (χ1) is 7.66. The Morgan fingerprint density at radius 2 is 2.50 bits per heavy atom. The fourth-order valence-corrected chi connectivity index (χ4v) is 1.77. The molecule has 0 aromatic carbocycles. The van der Waals surface area contributed by atoms with Crippen molar-refractivity contribution in [2.75, 3.05) is 13.2 Å². The maximum atomic E-state index is 11.0. The molecule has 0 amide bonds. The van der Waals surface area contributed by atoms with Crippen molar-refractivity contribution in [2.24, 2.45) is 0 Å². The molecule has 1 N–H and O–H groups in total. The maximum Gasteiger partial charge on any atom is 0.341 e. The van der Waals surface area contributed by atoms with Crippen molar-refractivity contribution >= 4 is 21.9 Å². The second-order valence-electron chi connectivity index (χ2n) is 3.41. The third-order valence-corrected chi connectivity index (χ3v) is 2.65. The molecule has 1 aromatic rings. The number of halogens is 1. The Kier molecular flexibility index (Phi) is 3.40. The van der Waals surface area contributed by atoms with Gasteiger partial charge in [0.25, 0.3) is 0 Å². The van der Waals surface area contributed by atoms with Crippen molar-refractivity contribution < 1.29 is 19.4 Å². The van der Waals surface area contributed by atoms with E-state index < -0.39 is 5.97 Å². The third-order valence-electron chi connectivity index (χ3n) is 2.21. The smallest absolute Gasteiger partial charge is 0.341 e. The molecule has 0 saturated carbocycles. The number of nitrogens with zero attached hydrogens (tertiary/aromatic N) is 1. The molecule has 2 heterocycles. The zero-order chi connectivity index (χ0) is 11.5. The van der Waals surface area contributed by atoms with Crippen LogP contribution in [-0.2, 0) is 4.74 Å². The number of aromatic carboxylic acids is 1. The van der Waals surface area contributed by atoms with Crippen molar-refractivity contribution in [3.63, 3.8) is 0 Å². The molecule has 0 aliphatic carbocycles. The van der Waals surface area contributed by atoms with E-state index in [1.807, 2.05) is 0 Å². The van der Waals surface area contributed by atoms with E-state index in [4.69, 9.17) is 14.6 Å². The zero-order valence-corrected chi connectivity index (χ0v) is 9.94. The summed E-state index contributed by atoms with van der Waals surface area (Å²) in [5.41, 5.74) is 0.0567. The molecular formula is C10H10BrNO4. The van der Waals surface area contributed by atoms with Crippen LogP contribution in [0.2, 0.25) is 0 Å². The number of ether oxygens (including phenoxy) is 2. The van der Waals surface area contributed by atoms with Crippen LogP contribution in [0, 0.1) is 0 Å². The van der Waals surface area contributed by atoms with E-state index in [-0.39, 0.29) is 17.5 Å². The van der Waals surface area contributed by atoms with Gasteiger partial charge >= 0.3 is 5.97 Å². The first kappa shape index (κ1) is 11.3. The molecule has 0 spiro atoms. The molecular weight excluding hydrogens is 278 g/mol. The fraction of sp³-hybridized carbons (Fsp3) is 0.400. The highest BCUT2D eigenvalue weighted by Crippen LogP contribution is 2.22. The van der Waals surface area contributed by atoms with Gasteiger partial charge in [0, 0.05) is 17.1 Å². The summed E-state index contributed by atoms with van der Waals surface area (Å²) in [7, 11) is 0. The Morgan fingerprint density at radius 3 is 3.12 bits per heavy atom. The second kappa shape index (κ2) is 4.80. The topological polar surface area (TPSA) is 68.7 Å². The molecule has 1 aliphatic rings. The van der Waals surface area contributed by atoms with Crippen LogP contribution in [0.3, 0.4) is 0 Å². The summed E-state index contributed by atoms with van der Waals surface area (Å²) in [4.78, 5) is 14.9. The molecule has 0 bridgehead atoms. The molecule has 1 aromatic heterocycles. The third kappa shape index (κ3) is 2.51. The van der Waals surface area contributed by atoms with Crippen LogP contribution in [-0.4, -0.2) is 35.4 Å². The van der Waals surface area contributed by atoms with Gasteiger partial charge in [-0.1, -0.05) is 0 Å². The number of pyridine rings is 1. The predicted molar refractivity (Wildman–Crippen MR) is 58.7 cm³/mol. The van der Waals surface area contributed by atoms with Gasteiger partial charge in [0.05, 0.1) is 13.2 Å². The van der Waals surface area contributed by atoms with E-state index in [1.165, 1.54) is 12.3 Å². The van der Waals surface area contributed by atoms with E-state index in [2.05, 4.69) is 20.9 Å². The van der Waals surface area contributed by atoms with E-state index in [9.17, 15) is 4.79 Å². The molecule has 2 rings (SSSR count). The molecule has 1 aliphatic heterocycles. The summed E-state index contributed by atoms with van der Waals surface area (Å²) in [6.45, 7) is 1.13. The Morgan fingerprint density at radius 1 is 1.69 bits per heavy atom. The van der Waals surface area contributed by atoms with Gasteiger partial charge in [0.15, 0.2) is 0 Å². The number of hydrogen-bond acceptors (Lipinski definition) is 4. The van der Waals surface area contributed by atoms with Gasteiger partial charge in [0.1, 0.15) is 11.7 Å². The van der Waals surface area contributed by atoms with E-state index >= 15 is 0 Å². The molecule has 1 atom stereocenters. The number of carboxylic acids is 1. The molecule has 16 heavy (non-hydrogen) atoms. The molecule has 1 unspecified atom stereocenters. The molecule has 6 heteroatoms. The van der Waals surface area contributed by atoms with Crippen molar-refractivity contribution in [1.82, 2.24) is 4.98 Å².